The van der Waals surface area contributed by atoms with Gasteiger partial charge in [-0.25, -0.2) is 4.98 Å². The van der Waals surface area contributed by atoms with Crippen LogP contribution < -0.4 is 19.7 Å². The molecule has 79 heavy (non-hydrogen) atoms. The van der Waals surface area contributed by atoms with Gasteiger partial charge in [-0.1, -0.05) is 215 Å². The summed E-state index contributed by atoms with van der Waals surface area (Å²) in [5.41, 5.74) is 11.7. The fraction of sp³-hybridized carbons (Fsp3) is 0.0833. The summed E-state index contributed by atoms with van der Waals surface area (Å²) in [7, 11) is -2.07. The first-order chi connectivity index (χ1) is 42.2. The van der Waals surface area contributed by atoms with E-state index in [1.807, 2.05) is 48.7 Å². The number of fused-ring (bicyclic) bond motifs is 9. The van der Waals surface area contributed by atoms with E-state index in [9.17, 15) is 0 Å². The fourth-order valence-electron chi connectivity index (χ4n) is 11.4. The van der Waals surface area contributed by atoms with E-state index in [4.69, 9.17) is 23.4 Å². The van der Waals surface area contributed by atoms with Gasteiger partial charge in [0.25, 0.3) is 6.33 Å². The number of hydrogen-bond donors (Lipinski definition) is 0. The molecular weight excluding hydrogens is 1160 g/mol. The van der Waals surface area contributed by atoms with Crippen LogP contribution in [0.1, 0.15) is 40.0 Å². The Morgan fingerprint density at radius 2 is 1.15 bits per heavy atom. The number of imidazole rings is 1. The maximum Gasteiger partial charge on any atom is 0.268 e. The number of hydrogen-bond acceptors (Lipinski definition) is 2. The summed E-state index contributed by atoms with van der Waals surface area (Å²) in [4.78, 5) is 4.98. The molecule has 0 radical (unpaired) electrons. The largest absolute Gasteiger partial charge is 0.510 e. The zero-order valence-corrected chi connectivity index (χ0v) is 47.0. The number of aromatic nitrogens is 4. The predicted octanol–water partition coefficient (Wildman–Crippen LogP) is 16.4. The Bertz CT molecular complexity index is 4980. The Kier molecular flexibility index (Phi) is 9.86. The number of rotatable bonds is 8. The third-order valence-corrected chi connectivity index (χ3v) is 18.8. The minimum atomic E-state index is -2.07. The van der Waals surface area contributed by atoms with Crippen LogP contribution in [0.3, 0.4) is 0 Å². The van der Waals surface area contributed by atoms with Crippen LogP contribution in [0.15, 0.2) is 236 Å². The van der Waals surface area contributed by atoms with Gasteiger partial charge in [0.05, 0.1) is 30.4 Å². The molecule has 5 nitrogen and oxygen atoms in total. The SMILES string of the molecule is [2H]c1c([2H])c([2H])c(-c2cccc(-c3c([2H])c([2H])c([2H])c([2H])c3[2H])c2-[n+]2[c-]n(-c3[c-]c(Oc4[c-]c5c(cc4)c4cc(-c6ccc7c(c6)-c6ccccc6[Si](C)(C)c6ccccc6-7)ccc4n5-c4cc(C(C)(C)C)ccn4)ccc3)c3ccccc32)c([2H])c1[2H].[Pt]. The first kappa shape index (κ1) is 39.7. The van der Waals surface area contributed by atoms with Crippen molar-refractivity contribution < 1.29 is 44.1 Å². The molecule has 14 rings (SSSR count). The van der Waals surface area contributed by atoms with Crippen LogP contribution in [0.4, 0.5) is 0 Å². The molecular formula is C72H54N4OPtSi-2. The zero-order chi connectivity index (χ0) is 61.4. The summed E-state index contributed by atoms with van der Waals surface area (Å²) in [6.07, 6.45) is 5.30. The van der Waals surface area contributed by atoms with Crippen molar-refractivity contribution in [2.45, 2.75) is 39.3 Å². The number of pyridine rings is 1. The molecule has 1 aliphatic heterocycles. The molecule has 384 valence electrons. The maximum absolute atomic E-state index is 9.10. The van der Waals surface area contributed by atoms with Crippen molar-refractivity contribution >= 4 is 51.3 Å². The average Bonchev–Trinajstić information content (AvgIpc) is 1.90. The third kappa shape index (κ3) is 8.58. The summed E-state index contributed by atoms with van der Waals surface area (Å²) in [6, 6.07) is 58.9. The fourth-order valence-corrected chi connectivity index (χ4v) is 14.5. The summed E-state index contributed by atoms with van der Waals surface area (Å²) < 4.78 is 100. The molecule has 4 heterocycles. The second-order valence-corrected chi connectivity index (χ2v) is 25.6. The number of para-hydroxylation sites is 3. The molecule has 0 N–H and O–H groups in total. The minimum absolute atomic E-state index is 0. The summed E-state index contributed by atoms with van der Waals surface area (Å²) in [5.74, 6) is 1.50. The van der Waals surface area contributed by atoms with Crippen LogP contribution in [0, 0.1) is 18.5 Å². The molecule has 10 aromatic carbocycles. The summed E-state index contributed by atoms with van der Waals surface area (Å²) in [5, 5.41) is 4.83. The van der Waals surface area contributed by atoms with Crippen LogP contribution in [-0.4, -0.2) is 22.2 Å². The van der Waals surface area contributed by atoms with E-state index in [2.05, 4.69) is 160 Å². The molecule has 1 aliphatic rings. The molecule has 7 heteroatoms. The van der Waals surface area contributed by atoms with Crippen LogP contribution in [0.25, 0.3) is 106 Å². The van der Waals surface area contributed by atoms with Gasteiger partial charge in [0, 0.05) is 44.3 Å². The second-order valence-electron chi connectivity index (χ2n) is 21.2. The van der Waals surface area contributed by atoms with Crippen molar-refractivity contribution in [2.75, 3.05) is 0 Å². The van der Waals surface area contributed by atoms with Crippen molar-refractivity contribution in [1.82, 2.24) is 14.1 Å². The molecule has 0 unspecified atom stereocenters. The minimum Gasteiger partial charge on any atom is -0.510 e. The van der Waals surface area contributed by atoms with Crippen LogP contribution in [0.5, 0.6) is 11.5 Å². The number of ether oxygens (including phenoxy) is 1. The molecule has 0 saturated carbocycles. The Hall–Kier alpha value is -8.67. The van der Waals surface area contributed by atoms with Crippen molar-refractivity contribution in [3.05, 3.63) is 261 Å². The Morgan fingerprint density at radius 1 is 0.532 bits per heavy atom. The Labute approximate surface area is 491 Å². The quantitative estimate of drug-likeness (QED) is 0.0863. The second kappa shape index (κ2) is 19.7. The summed E-state index contributed by atoms with van der Waals surface area (Å²) >= 11 is 0. The first-order valence-corrected chi connectivity index (χ1v) is 29.0. The van der Waals surface area contributed by atoms with Gasteiger partial charge in [0.2, 0.25) is 0 Å². The van der Waals surface area contributed by atoms with Crippen molar-refractivity contribution in [1.29, 1.82) is 0 Å². The standard InChI is InChI=1S/C72H54N4OSi.Pt/c1-72(2,3)52-40-41-73-70(44-52)76-64-39-35-51(50-34-37-58-60-26-12-16-32-68(60)78(4,5)69-33-17-13-27-61(69)62(58)42-50)43-63(64)59-38-36-55(46-67(59)76)77-54-25-18-24-53(45-54)74-47-75(66-31-15-14-30-65(66)74)71-56(48-20-8-6-9-21-48)28-19-29-57(71)49-22-10-7-11-23-49;/h6-44H,1-5H3;/q-2;/i6D,7D,8D,9D,10D,11D,20D,21D,22D,23D;. The molecule has 0 spiro atoms. The average molecular weight is 1220 g/mol. The topological polar surface area (TPSA) is 35.9 Å². The molecule has 0 atom stereocenters. The van der Waals surface area contributed by atoms with Gasteiger partial charge in [-0.2, -0.15) is 18.2 Å². The maximum atomic E-state index is 9.10. The molecule has 0 bridgehead atoms. The van der Waals surface area contributed by atoms with Crippen LogP contribution in [0.2, 0.25) is 13.1 Å². The monoisotopic (exact) mass is 1220 g/mol. The Balaban J connectivity index is 0.00000729. The van der Waals surface area contributed by atoms with Gasteiger partial charge in [-0.15, -0.1) is 29.7 Å². The van der Waals surface area contributed by atoms with Gasteiger partial charge < -0.3 is 13.9 Å². The summed E-state index contributed by atoms with van der Waals surface area (Å²) in [6.45, 7) is 11.5. The molecule has 0 saturated heterocycles. The van der Waals surface area contributed by atoms with Gasteiger partial charge in [-0.3, -0.25) is 4.57 Å². The van der Waals surface area contributed by atoms with E-state index in [-0.39, 0.29) is 54.4 Å². The first-order valence-electron chi connectivity index (χ1n) is 31.0. The molecule has 0 aliphatic carbocycles. The van der Waals surface area contributed by atoms with Crippen LogP contribution >= 0.6 is 0 Å². The number of benzene rings is 10. The van der Waals surface area contributed by atoms with E-state index >= 15 is 0 Å². The van der Waals surface area contributed by atoms with Crippen molar-refractivity contribution in [3.63, 3.8) is 0 Å². The van der Waals surface area contributed by atoms with Crippen molar-refractivity contribution in [2.24, 2.45) is 0 Å². The van der Waals surface area contributed by atoms with E-state index in [1.165, 1.54) is 32.6 Å². The van der Waals surface area contributed by atoms with Gasteiger partial charge >= 0.3 is 0 Å². The number of nitrogens with zero attached hydrogens (tertiary/aromatic N) is 4. The molecule has 3 aromatic heterocycles. The van der Waals surface area contributed by atoms with E-state index < -0.39 is 68.5 Å². The normalized spacial score (nSPS) is 14.4. The predicted molar refractivity (Wildman–Crippen MR) is 323 cm³/mol. The third-order valence-electron chi connectivity index (χ3n) is 15.2. The smallest absolute Gasteiger partial charge is 0.268 e. The van der Waals surface area contributed by atoms with Crippen molar-refractivity contribution in [3.8, 4) is 84.3 Å². The van der Waals surface area contributed by atoms with Gasteiger partial charge in [0.1, 0.15) is 13.9 Å². The zero-order valence-electron chi connectivity index (χ0n) is 53.8. The van der Waals surface area contributed by atoms with E-state index in [1.54, 1.807) is 33.4 Å². The van der Waals surface area contributed by atoms with Gasteiger partial charge in [-0.05, 0) is 112 Å². The molecule has 13 aromatic rings. The van der Waals surface area contributed by atoms with E-state index in [0.717, 1.165) is 44.3 Å². The molecule has 0 fully saturated rings. The van der Waals surface area contributed by atoms with Gasteiger partial charge in [0.15, 0.2) is 0 Å². The molecule has 0 amide bonds. The van der Waals surface area contributed by atoms with Crippen LogP contribution in [-0.2, 0) is 26.5 Å². The Morgan fingerprint density at radius 3 is 1.87 bits per heavy atom. The van der Waals surface area contributed by atoms with E-state index in [0.29, 0.717) is 28.2 Å².